The zero-order chi connectivity index (χ0) is 11.0. The lowest BCUT2D eigenvalue weighted by atomic mass is 10.1. The number of nitrogens with two attached hydrogens (primary N) is 2. The number of rotatable bonds is 7. The molecule has 0 aromatic heterocycles. The van der Waals surface area contributed by atoms with E-state index in [1.54, 1.807) is 0 Å². The van der Waals surface area contributed by atoms with E-state index in [9.17, 15) is 4.79 Å². The van der Waals surface area contributed by atoms with Crippen molar-refractivity contribution in [2.75, 3.05) is 6.54 Å². The zero-order valence-electron chi connectivity index (χ0n) is 9.05. The van der Waals surface area contributed by atoms with Crippen LogP contribution < -0.4 is 16.8 Å². The number of allylic oxidation sites excluding steroid dienone is 1. The summed E-state index contributed by atoms with van der Waals surface area (Å²) in [5, 5.41) is 3.06. The third-order valence-electron chi connectivity index (χ3n) is 2.05. The van der Waals surface area contributed by atoms with E-state index in [0.717, 1.165) is 25.8 Å². The molecule has 0 aromatic rings. The van der Waals surface area contributed by atoms with Crippen LogP contribution in [0.15, 0.2) is 11.9 Å². The van der Waals surface area contributed by atoms with Gasteiger partial charge in [0.15, 0.2) is 0 Å². The summed E-state index contributed by atoms with van der Waals surface area (Å²) in [7, 11) is 0. The number of nitrogens with one attached hydrogen (secondary N) is 1. The Morgan fingerprint density at radius 1 is 1.50 bits per heavy atom. The first-order valence-corrected chi connectivity index (χ1v) is 5.06. The number of hydrogen-bond acceptors (Lipinski definition) is 3. The first kappa shape index (κ1) is 12.8. The van der Waals surface area contributed by atoms with Gasteiger partial charge >= 0.3 is 0 Å². The van der Waals surface area contributed by atoms with Gasteiger partial charge in [-0.05, 0) is 25.3 Å². The smallest absolute Gasteiger partial charge is 0.220 e. The molecule has 0 saturated carbocycles. The van der Waals surface area contributed by atoms with Crippen LogP contribution in [-0.2, 0) is 4.79 Å². The van der Waals surface area contributed by atoms with Crippen LogP contribution in [-0.4, -0.2) is 12.5 Å². The number of carbonyl (C=O) groups excluding carboxylic acids is 1. The van der Waals surface area contributed by atoms with Gasteiger partial charge < -0.3 is 16.8 Å². The molecule has 1 atom stereocenters. The fraction of sp³-hybridized carbons (Fsp3) is 0.700. The lowest BCUT2D eigenvalue weighted by molar-refractivity contribution is -0.121. The summed E-state index contributed by atoms with van der Waals surface area (Å²) < 4.78 is 0. The van der Waals surface area contributed by atoms with Crippen molar-refractivity contribution < 1.29 is 4.79 Å². The summed E-state index contributed by atoms with van der Waals surface area (Å²) in [5.41, 5.74) is 10.7. The quantitative estimate of drug-likeness (QED) is 0.528. The van der Waals surface area contributed by atoms with Crippen LogP contribution in [0.1, 0.15) is 33.1 Å². The molecule has 0 radical (unpaired) electrons. The molecule has 0 unspecified atom stereocenters. The van der Waals surface area contributed by atoms with Crippen molar-refractivity contribution >= 4 is 5.91 Å². The fourth-order valence-electron chi connectivity index (χ4n) is 1.08. The third-order valence-corrected chi connectivity index (χ3v) is 2.05. The molecule has 0 fully saturated rings. The molecule has 0 spiro atoms. The molecule has 0 aliphatic rings. The van der Waals surface area contributed by atoms with Gasteiger partial charge in [0.1, 0.15) is 0 Å². The van der Waals surface area contributed by atoms with Gasteiger partial charge in [0.05, 0.1) is 5.82 Å². The van der Waals surface area contributed by atoms with Gasteiger partial charge in [0, 0.05) is 12.5 Å². The zero-order valence-corrected chi connectivity index (χ0v) is 9.05. The van der Waals surface area contributed by atoms with E-state index in [1.165, 1.54) is 0 Å². The molecule has 14 heavy (non-hydrogen) atoms. The number of carbonyl (C=O) groups is 1. The van der Waals surface area contributed by atoms with Gasteiger partial charge in [-0.2, -0.15) is 0 Å². The van der Waals surface area contributed by atoms with Crippen LogP contribution in [0.5, 0.6) is 0 Å². The molecule has 82 valence electrons. The minimum atomic E-state index is -0.234. The van der Waals surface area contributed by atoms with Crippen molar-refractivity contribution in [3.05, 3.63) is 11.9 Å². The number of hydrogen-bond donors (Lipinski definition) is 3. The summed E-state index contributed by atoms with van der Waals surface area (Å²) in [4.78, 5) is 10.7. The van der Waals surface area contributed by atoms with E-state index in [2.05, 4.69) is 5.32 Å². The maximum atomic E-state index is 10.7. The second kappa shape index (κ2) is 7.24. The Morgan fingerprint density at radius 2 is 2.14 bits per heavy atom. The maximum absolute atomic E-state index is 10.7. The van der Waals surface area contributed by atoms with Gasteiger partial charge in [0.25, 0.3) is 0 Å². The van der Waals surface area contributed by atoms with Gasteiger partial charge in [-0.3, -0.25) is 4.79 Å². The monoisotopic (exact) mass is 199 g/mol. The van der Waals surface area contributed by atoms with E-state index >= 15 is 0 Å². The molecule has 4 heteroatoms. The molecule has 4 nitrogen and oxygen atoms in total. The third kappa shape index (κ3) is 6.34. The molecule has 5 N–H and O–H groups in total. The fourth-order valence-corrected chi connectivity index (χ4v) is 1.08. The van der Waals surface area contributed by atoms with Crippen molar-refractivity contribution in [3.63, 3.8) is 0 Å². The van der Waals surface area contributed by atoms with Crippen LogP contribution >= 0.6 is 0 Å². The van der Waals surface area contributed by atoms with E-state index in [0.29, 0.717) is 5.82 Å². The Balaban J connectivity index is 3.47. The number of primary amides is 1. The Morgan fingerprint density at radius 3 is 2.64 bits per heavy atom. The molecule has 1 amide bonds. The second-order valence-electron chi connectivity index (χ2n) is 3.44. The summed E-state index contributed by atoms with van der Waals surface area (Å²) in [5.74, 6) is 0.425. The van der Waals surface area contributed by atoms with Crippen LogP contribution in [0, 0.1) is 5.92 Å². The van der Waals surface area contributed by atoms with Crippen molar-refractivity contribution in [1.29, 1.82) is 0 Å². The predicted molar refractivity (Wildman–Crippen MR) is 58.2 cm³/mol. The van der Waals surface area contributed by atoms with E-state index in [-0.39, 0.29) is 11.8 Å². The lowest BCUT2D eigenvalue weighted by Crippen LogP contribution is -2.24. The molecule has 0 bridgehead atoms. The van der Waals surface area contributed by atoms with Gasteiger partial charge in [-0.25, -0.2) is 0 Å². The lowest BCUT2D eigenvalue weighted by Gasteiger charge is -2.08. The van der Waals surface area contributed by atoms with E-state index in [4.69, 9.17) is 11.5 Å². The Labute approximate surface area is 85.7 Å². The molecular weight excluding hydrogens is 178 g/mol. The predicted octanol–water partition coefficient (Wildman–Crippen LogP) is 0.688. The van der Waals surface area contributed by atoms with Crippen molar-refractivity contribution in [1.82, 2.24) is 5.32 Å². The molecule has 0 heterocycles. The summed E-state index contributed by atoms with van der Waals surface area (Å²) in [6.07, 6.45) is 4.57. The molecule has 0 rings (SSSR count). The Kier molecular flexibility index (Phi) is 6.62. The molecular formula is C10H21N3O. The molecule has 0 saturated heterocycles. The topological polar surface area (TPSA) is 81.1 Å². The first-order chi connectivity index (χ1) is 6.57. The average molecular weight is 199 g/mol. The molecule has 0 aromatic carbocycles. The van der Waals surface area contributed by atoms with E-state index < -0.39 is 0 Å². The van der Waals surface area contributed by atoms with Crippen LogP contribution in [0.25, 0.3) is 0 Å². The highest BCUT2D eigenvalue weighted by atomic mass is 16.1. The van der Waals surface area contributed by atoms with Crippen molar-refractivity contribution in [2.24, 2.45) is 17.4 Å². The summed E-state index contributed by atoms with van der Waals surface area (Å²) >= 11 is 0. The molecule has 0 aliphatic carbocycles. The highest BCUT2D eigenvalue weighted by molar-refractivity contribution is 5.76. The summed E-state index contributed by atoms with van der Waals surface area (Å²) in [6.45, 7) is 4.66. The van der Waals surface area contributed by atoms with Gasteiger partial charge in [-0.15, -0.1) is 0 Å². The standard InChI is InChI=1S/C10H21N3O/c1-3-5-9(11)13-7-4-6-8(2)10(12)14/h5,8,13H,3-4,6-7,11H2,1-2H3,(H2,12,14)/b9-5+/t8-/m1/s1. The van der Waals surface area contributed by atoms with Crippen LogP contribution in [0.3, 0.4) is 0 Å². The Bertz CT molecular complexity index is 202. The SMILES string of the molecule is CC/C=C(\N)NCCC[C@@H](C)C(N)=O. The first-order valence-electron chi connectivity index (χ1n) is 5.06. The second-order valence-corrected chi connectivity index (χ2v) is 3.44. The van der Waals surface area contributed by atoms with E-state index in [1.807, 2.05) is 19.9 Å². The highest BCUT2D eigenvalue weighted by Gasteiger charge is 2.06. The van der Waals surface area contributed by atoms with Gasteiger partial charge in [0.2, 0.25) is 5.91 Å². The molecule has 0 aliphatic heterocycles. The highest BCUT2D eigenvalue weighted by Crippen LogP contribution is 2.03. The average Bonchev–Trinajstić information content (AvgIpc) is 2.12. The minimum absolute atomic E-state index is 0.0480. The maximum Gasteiger partial charge on any atom is 0.220 e. The largest absolute Gasteiger partial charge is 0.386 e. The van der Waals surface area contributed by atoms with Gasteiger partial charge in [-0.1, -0.05) is 13.8 Å². The minimum Gasteiger partial charge on any atom is -0.386 e. The van der Waals surface area contributed by atoms with Crippen molar-refractivity contribution in [2.45, 2.75) is 33.1 Å². The van der Waals surface area contributed by atoms with Crippen LogP contribution in [0.4, 0.5) is 0 Å². The normalized spacial score (nSPS) is 13.7. The van der Waals surface area contributed by atoms with Crippen molar-refractivity contribution in [3.8, 4) is 0 Å². The summed E-state index contributed by atoms with van der Waals surface area (Å²) in [6, 6.07) is 0. The Hall–Kier alpha value is -1.19. The number of amides is 1. The van der Waals surface area contributed by atoms with Crippen LogP contribution in [0.2, 0.25) is 0 Å².